The molecule has 1 aromatic carbocycles. The first-order valence-electron chi connectivity index (χ1n) is 25.2. The van der Waals surface area contributed by atoms with Crippen molar-refractivity contribution in [2.24, 2.45) is 5.41 Å². The maximum Gasteiger partial charge on any atom is 0.325 e. The molecule has 5 aromatic heterocycles. The number of thioether (sulfide) groups is 1. The molecule has 4 aliphatic heterocycles. The van der Waals surface area contributed by atoms with Crippen molar-refractivity contribution in [3.8, 4) is 11.3 Å². The van der Waals surface area contributed by atoms with E-state index in [0.29, 0.717) is 44.7 Å². The van der Waals surface area contributed by atoms with Gasteiger partial charge in [0.1, 0.15) is 37.1 Å². The van der Waals surface area contributed by atoms with Crippen molar-refractivity contribution in [3.05, 3.63) is 62.0 Å². The molecule has 0 aliphatic carbocycles. The molecule has 9 heterocycles. The molecule has 0 saturated carbocycles. The van der Waals surface area contributed by atoms with Gasteiger partial charge in [0.05, 0.1) is 23.7 Å². The molecule has 33 heteroatoms. The van der Waals surface area contributed by atoms with Gasteiger partial charge >= 0.3 is 6.72 Å². The number of rotatable bonds is 20. The summed E-state index contributed by atoms with van der Waals surface area (Å²) in [5.74, 6) is -0.529. The fraction of sp³-hybridized carbons (Fsp3) is 0.565. The summed E-state index contributed by atoms with van der Waals surface area (Å²) >= 11 is 14.4. The molecule has 4 aliphatic rings. The first-order valence-corrected chi connectivity index (χ1v) is 32.2. The number of hydrogen-bond donors (Lipinski definition) is 8. The lowest BCUT2D eigenvalue weighted by molar-refractivity contribution is -0.122. The van der Waals surface area contributed by atoms with E-state index in [4.69, 9.17) is 67.1 Å². The van der Waals surface area contributed by atoms with Gasteiger partial charge in [0.15, 0.2) is 50.8 Å². The Kier molecular flexibility index (Phi) is 16.9. The molecule has 6 aromatic rings. The Hall–Kier alpha value is -3.98. The monoisotopic (exact) mass is 1260 g/mol. The molecule has 27 nitrogen and oxygen atoms in total. The van der Waals surface area contributed by atoms with Crippen LogP contribution >= 0.6 is 41.6 Å². The number of benzene rings is 1. The highest BCUT2D eigenvalue weighted by atomic mass is 79.9. The minimum Gasteiger partial charge on any atom is -0.459 e. The molecule has 6 unspecified atom stereocenters. The van der Waals surface area contributed by atoms with Crippen LogP contribution in [0.4, 0.5) is 5.95 Å². The van der Waals surface area contributed by atoms with Crippen LogP contribution in [0.15, 0.2) is 56.0 Å². The lowest BCUT2D eigenvalue weighted by Crippen LogP contribution is -2.40. The van der Waals surface area contributed by atoms with Crippen molar-refractivity contribution in [2.75, 3.05) is 44.4 Å². The zero-order valence-electron chi connectivity index (χ0n) is 43.0. The Morgan fingerprint density at radius 3 is 2.42 bits per heavy atom. The average molecular weight is 1260 g/mol. The topological polar surface area (TPSA) is 350 Å². The fourth-order valence-electron chi connectivity index (χ4n) is 9.70. The summed E-state index contributed by atoms with van der Waals surface area (Å²) in [6.07, 6.45) is -4.69. The molecule has 79 heavy (non-hydrogen) atoms. The zero-order valence-corrected chi connectivity index (χ0v) is 48.8. The highest BCUT2D eigenvalue weighted by molar-refractivity contribution is 9.10. The van der Waals surface area contributed by atoms with Gasteiger partial charge in [0.2, 0.25) is 23.5 Å². The molecule has 0 bridgehead atoms. The molecule has 0 spiro atoms. The van der Waals surface area contributed by atoms with E-state index < -0.39 is 79.7 Å². The van der Waals surface area contributed by atoms with Gasteiger partial charge in [-0.15, -0.1) is 0 Å². The number of nitrogens with two attached hydrogens (primary N) is 1. The average Bonchev–Trinajstić information content (AvgIpc) is 3.86. The number of hydrogen-bond acceptors (Lipinski definition) is 22. The summed E-state index contributed by atoms with van der Waals surface area (Å²) in [5, 5.41) is 28.7. The summed E-state index contributed by atoms with van der Waals surface area (Å²) in [5.41, 5.74) is 5.92. The normalized spacial score (nSPS) is 27.2. The Balaban J connectivity index is 0.673. The number of nitrogens with one attached hydrogen (secondary N) is 3. The number of aliphatic hydroxyl groups is 2. The lowest BCUT2D eigenvalue weighted by atomic mass is 9.89. The van der Waals surface area contributed by atoms with Crippen LogP contribution in [-0.2, 0) is 72.5 Å². The Labute approximate surface area is 473 Å². The predicted octanol–water partition coefficient (Wildman–Crippen LogP) is 2.87. The van der Waals surface area contributed by atoms with Crippen LogP contribution in [0.5, 0.6) is 0 Å². The smallest absolute Gasteiger partial charge is 0.325 e. The second kappa shape index (κ2) is 23.0. The number of aromatic amines is 1. The number of ether oxygens (including phenoxy) is 3. The van der Waals surface area contributed by atoms with Gasteiger partial charge in [-0.1, -0.05) is 55.9 Å². The van der Waals surface area contributed by atoms with Crippen LogP contribution in [0.2, 0.25) is 0 Å². The number of imidazole rings is 3. The van der Waals surface area contributed by atoms with Gasteiger partial charge in [-0.05, 0) is 78.2 Å². The van der Waals surface area contributed by atoms with Gasteiger partial charge in [-0.25, -0.2) is 19.3 Å². The largest absolute Gasteiger partial charge is 0.459 e. The second-order valence-corrected chi connectivity index (χ2v) is 28.1. The molecule has 428 valence electrons. The third kappa shape index (κ3) is 12.5. The number of nitrogen functional groups attached to an aromatic ring is 1. The van der Waals surface area contributed by atoms with Crippen molar-refractivity contribution < 1.29 is 61.9 Å². The second-order valence-electron chi connectivity index (χ2n) is 20.9. The lowest BCUT2D eigenvalue weighted by Gasteiger charge is -2.32. The minimum absolute atomic E-state index is 0.0193. The van der Waals surface area contributed by atoms with Crippen LogP contribution in [0, 0.1) is 5.41 Å². The summed E-state index contributed by atoms with van der Waals surface area (Å²) < 4.78 is 45.5. The highest BCUT2D eigenvalue weighted by Crippen LogP contribution is 2.61. The van der Waals surface area contributed by atoms with Crippen LogP contribution in [0.3, 0.4) is 0 Å². The van der Waals surface area contributed by atoms with E-state index in [1.165, 1.54) is 18.1 Å². The van der Waals surface area contributed by atoms with Crippen molar-refractivity contribution in [1.82, 2.24) is 53.7 Å². The van der Waals surface area contributed by atoms with E-state index in [0.717, 1.165) is 17.3 Å². The number of H-pyrrole nitrogens is 1. The molecule has 0 radical (unpaired) electrons. The van der Waals surface area contributed by atoms with Crippen LogP contribution < -0.4 is 27.5 Å². The number of carbonyl (C=O) groups excluding carboxylic acids is 2. The van der Waals surface area contributed by atoms with Gasteiger partial charge in [-0.2, -0.15) is 19.0 Å². The van der Waals surface area contributed by atoms with Crippen molar-refractivity contribution in [3.63, 3.8) is 0 Å². The fourth-order valence-corrected chi connectivity index (χ4v) is 14.0. The number of anilines is 1. The van der Waals surface area contributed by atoms with Crippen molar-refractivity contribution >= 4 is 111 Å². The van der Waals surface area contributed by atoms with Gasteiger partial charge in [-0.3, -0.25) is 37.4 Å². The third-order valence-corrected chi connectivity index (χ3v) is 18.6. The Morgan fingerprint density at radius 1 is 0.962 bits per heavy atom. The Morgan fingerprint density at radius 2 is 1.66 bits per heavy atom. The molecule has 4 fully saturated rings. The quantitative estimate of drug-likeness (QED) is 0.0179. The van der Waals surface area contributed by atoms with E-state index in [2.05, 4.69) is 46.5 Å². The van der Waals surface area contributed by atoms with Crippen LogP contribution in [0.1, 0.15) is 72.3 Å². The highest BCUT2D eigenvalue weighted by Gasteiger charge is 2.55. The minimum atomic E-state index is -3.63. The molecule has 9 N–H and O–H groups in total. The molecular formula is C46H59BrN12O15P2S3. The molecule has 2 amide bonds. The molecule has 4 saturated heterocycles. The predicted molar refractivity (Wildman–Crippen MR) is 297 cm³/mol. The van der Waals surface area contributed by atoms with E-state index in [9.17, 15) is 39.2 Å². The maximum absolute atomic E-state index is 14.0. The number of aliphatic hydroxyl groups excluding tert-OH is 2. The molecule has 10 atom stereocenters. The summed E-state index contributed by atoms with van der Waals surface area (Å²) in [4.78, 5) is 95.6. The maximum atomic E-state index is 14.0. The van der Waals surface area contributed by atoms with Crippen molar-refractivity contribution in [1.29, 1.82) is 0 Å². The Bertz CT molecular complexity index is 3450. The SMILES string of the molecule is CC(C)(CCOC(C)(C)CCCNC(=O)CSc1nc2c(=O)n3cc(-c4ccccc4)[nH]c3nc2n1[C@@H]1OC2COP(O)(=S)O[C@H]2C1O)CNC(=O)CCCn1c(N)nc2c(nc(Br)n2[C@@H]2OC3CO[P+](O)([S-])O[C@H]3C2O)c1=O. The number of halogens is 1. The summed E-state index contributed by atoms with van der Waals surface area (Å²) in [6.45, 7) is 5.35. The number of amides is 2. The number of fused-ring (bicyclic) bond motifs is 5. The molecule has 10 rings (SSSR count). The van der Waals surface area contributed by atoms with Crippen molar-refractivity contribution in [2.45, 2.75) is 126 Å². The number of aromatic nitrogens is 9. The third-order valence-electron chi connectivity index (χ3n) is 14.0. The van der Waals surface area contributed by atoms with Crippen LogP contribution in [-0.4, -0.2) is 156 Å². The van der Waals surface area contributed by atoms with E-state index >= 15 is 0 Å². The first-order chi connectivity index (χ1) is 37.4. The van der Waals surface area contributed by atoms with Gasteiger partial charge in [0.25, 0.3) is 18.3 Å². The van der Waals surface area contributed by atoms with E-state index in [1.807, 2.05) is 58.0 Å². The zero-order chi connectivity index (χ0) is 56.3. The van der Waals surface area contributed by atoms with Gasteiger partial charge < -0.3 is 67.4 Å². The van der Waals surface area contributed by atoms with E-state index in [-0.39, 0.29) is 99.5 Å². The summed E-state index contributed by atoms with van der Waals surface area (Å²) in [7, 11) is -3.55. The number of nitrogens with zero attached hydrogens (tertiary/aromatic N) is 8. The summed E-state index contributed by atoms with van der Waals surface area (Å²) in [6, 6.07) is 9.40. The number of carbonyl (C=O) groups is 2. The standard InChI is InChI=1S/C46H59BrN12O15P2S3/c1-45(2,22-50-27(60)12-8-16-56-37(64)29-35(54-42(56)48)58(41(47)52-29)39-31(62)33-25(71-39)19-69-75(66,77)73-33)14-17-68-46(3,4)13-9-15-49-28(61)21-79-44-53-30-36(59(44)40-32(63)34-26(72-40)20-70-76(67,78)74-34)55-43-51-24(18-57(43)38(30)65)23-10-6-5-7-11-23/h5-7,10-11,18,25-26,31-34,39-40,62-63H,8-9,12-17,19-22H2,1-4H3,(H2,48,54)(H,49,61)(H,50,60)(H,51,55)(H,66,77)(H,67,78)/t25?,26?,31?,32?,33-,34-,39-,40-,75?,76?/m1/s1. The van der Waals surface area contributed by atoms with E-state index in [1.54, 1.807) is 6.20 Å². The van der Waals surface area contributed by atoms with Gasteiger partial charge in [0, 0.05) is 38.9 Å². The first kappa shape index (κ1) is 58.2. The molecular weight excluding hydrogens is 1200 g/mol. The van der Waals surface area contributed by atoms with Crippen LogP contribution in [0.25, 0.3) is 39.4 Å².